The van der Waals surface area contributed by atoms with Crippen LogP contribution in [-0.2, 0) is 19.6 Å². The van der Waals surface area contributed by atoms with E-state index in [0.29, 0.717) is 26.2 Å². The highest BCUT2D eigenvalue weighted by Crippen LogP contribution is 2.15. The molecule has 122 valence electrons. The summed E-state index contributed by atoms with van der Waals surface area (Å²) < 4.78 is 2.93. The second kappa shape index (κ2) is 6.40. The fourth-order valence-corrected chi connectivity index (χ4v) is 2.86. The molecule has 0 spiro atoms. The Morgan fingerprint density at radius 2 is 1.96 bits per heavy atom. The Hall–Kier alpha value is -2.37. The number of aryl methyl sites for hydroxylation is 2. The lowest BCUT2D eigenvalue weighted by Crippen LogP contribution is -2.42. The second-order valence-corrected chi connectivity index (χ2v) is 5.99. The molecule has 0 atom stereocenters. The topological polar surface area (TPSA) is 60.1 Å². The Labute approximate surface area is 135 Å². The van der Waals surface area contributed by atoms with Crippen molar-refractivity contribution in [2.45, 2.75) is 46.3 Å². The lowest BCUT2D eigenvalue weighted by molar-refractivity contribution is 0.0681. The van der Waals surface area contributed by atoms with Gasteiger partial charge in [-0.05, 0) is 24.5 Å². The van der Waals surface area contributed by atoms with Gasteiger partial charge in [-0.1, -0.05) is 37.6 Å². The smallest absolute Gasteiger partial charge is 0.330 e. The summed E-state index contributed by atoms with van der Waals surface area (Å²) >= 11 is 0. The fraction of sp³-hybridized carbons (Fsp3) is 0.471. The summed E-state index contributed by atoms with van der Waals surface area (Å²) in [5.74, 6) is 0.109. The molecule has 23 heavy (non-hydrogen) atoms. The molecule has 6 heteroatoms. The van der Waals surface area contributed by atoms with Crippen molar-refractivity contribution in [3.8, 4) is 0 Å². The van der Waals surface area contributed by atoms with Gasteiger partial charge in [-0.25, -0.2) is 9.48 Å². The van der Waals surface area contributed by atoms with Crippen molar-refractivity contribution < 1.29 is 4.79 Å². The minimum atomic E-state index is -0.169. The molecule has 2 aromatic rings. The first kappa shape index (κ1) is 15.5. The molecule has 0 aliphatic carbocycles. The first-order valence-corrected chi connectivity index (χ1v) is 8.13. The summed E-state index contributed by atoms with van der Waals surface area (Å²) in [6, 6.07) is 8.04. The molecule has 0 bridgehead atoms. The first-order valence-electron chi connectivity index (χ1n) is 8.13. The van der Waals surface area contributed by atoms with E-state index in [1.165, 1.54) is 9.25 Å². The number of amides is 1. The van der Waals surface area contributed by atoms with Gasteiger partial charge >= 0.3 is 5.69 Å². The molecular formula is C17H22N4O2. The monoisotopic (exact) mass is 314 g/mol. The molecule has 2 heterocycles. The summed E-state index contributed by atoms with van der Waals surface area (Å²) in [5.41, 5.74) is 2.12. The van der Waals surface area contributed by atoms with E-state index in [4.69, 9.17) is 0 Å². The highest BCUT2D eigenvalue weighted by Gasteiger charge is 2.29. The molecule has 1 amide bonds. The molecule has 0 N–H and O–H groups in total. The molecule has 0 saturated carbocycles. The number of fused-ring (bicyclic) bond motifs is 1. The average Bonchev–Trinajstić information content (AvgIpc) is 2.87. The van der Waals surface area contributed by atoms with Gasteiger partial charge in [0.25, 0.3) is 5.91 Å². The molecule has 6 nitrogen and oxygen atoms in total. The van der Waals surface area contributed by atoms with Crippen molar-refractivity contribution in [2.75, 3.05) is 6.54 Å². The molecule has 1 aromatic carbocycles. The number of carbonyl (C=O) groups is 1. The molecular weight excluding hydrogens is 292 g/mol. The van der Waals surface area contributed by atoms with Crippen LogP contribution >= 0.6 is 0 Å². The van der Waals surface area contributed by atoms with Crippen LogP contribution in [0, 0.1) is 6.92 Å². The van der Waals surface area contributed by atoms with E-state index in [9.17, 15) is 9.59 Å². The third kappa shape index (κ3) is 2.93. The van der Waals surface area contributed by atoms with Gasteiger partial charge in [0, 0.05) is 26.2 Å². The summed E-state index contributed by atoms with van der Waals surface area (Å²) in [4.78, 5) is 26.7. The van der Waals surface area contributed by atoms with Gasteiger partial charge in [0.2, 0.25) is 5.82 Å². The number of unbranched alkanes of at least 4 members (excludes halogenated alkanes) is 1. The summed E-state index contributed by atoms with van der Waals surface area (Å²) in [6.07, 6.45) is 1.87. The van der Waals surface area contributed by atoms with E-state index in [1.54, 1.807) is 4.90 Å². The molecule has 0 radical (unpaired) electrons. The third-order valence-corrected chi connectivity index (χ3v) is 4.34. The SMILES string of the molecule is CCCCn1nc2n(c1=O)CCN(Cc1ccccc1C)C2=O. The van der Waals surface area contributed by atoms with Crippen LogP contribution in [0.5, 0.6) is 0 Å². The van der Waals surface area contributed by atoms with Gasteiger partial charge in [0.1, 0.15) is 0 Å². The number of aromatic nitrogens is 3. The van der Waals surface area contributed by atoms with Crippen molar-refractivity contribution in [1.82, 2.24) is 19.2 Å². The van der Waals surface area contributed by atoms with Crippen LogP contribution in [0.1, 0.15) is 41.5 Å². The lowest BCUT2D eigenvalue weighted by atomic mass is 10.1. The quantitative estimate of drug-likeness (QED) is 0.845. The zero-order chi connectivity index (χ0) is 16.4. The largest absolute Gasteiger partial charge is 0.346 e. The Morgan fingerprint density at radius 1 is 1.17 bits per heavy atom. The molecule has 1 aliphatic rings. The normalized spacial score (nSPS) is 14.2. The van der Waals surface area contributed by atoms with Crippen LogP contribution in [-0.4, -0.2) is 31.7 Å². The van der Waals surface area contributed by atoms with Crippen LogP contribution < -0.4 is 5.69 Å². The van der Waals surface area contributed by atoms with Crippen LogP contribution in [0.3, 0.4) is 0 Å². The van der Waals surface area contributed by atoms with E-state index in [2.05, 4.69) is 12.0 Å². The Morgan fingerprint density at radius 3 is 2.70 bits per heavy atom. The summed E-state index contributed by atoms with van der Waals surface area (Å²) in [5, 5.41) is 4.26. The number of rotatable bonds is 5. The highest BCUT2D eigenvalue weighted by molar-refractivity contribution is 5.91. The van der Waals surface area contributed by atoms with E-state index in [0.717, 1.165) is 24.0 Å². The van der Waals surface area contributed by atoms with E-state index in [-0.39, 0.29) is 17.4 Å². The number of benzene rings is 1. The molecule has 0 saturated heterocycles. The maximum absolute atomic E-state index is 12.7. The van der Waals surface area contributed by atoms with Gasteiger partial charge in [-0.15, -0.1) is 5.10 Å². The molecule has 1 aromatic heterocycles. The van der Waals surface area contributed by atoms with Crippen molar-refractivity contribution in [3.05, 3.63) is 51.7 Å². The first-order chi connectivity index (χ1) is 11.1. The van der Waals surface area contributed by atoms with Gasteiger partial charge < -0.3 is 4.90 Å². The van der Waals surface area contributed by atoms with Crippen LogP contribution in [0.4, 0.5) is 0 Å². The van der Waals surface area contributed by atoms with Crippen molar-refractivity contribution >= 4 is 5.91 Å². The summed E-state index contributed by atoms with van der Waals surface area (Å²) in [6.45, 7) is 6.29. The number of carbonyl (C=O) groups excluding carboxylic acids is 1. The lowest BCUT2D eigenvalue weighted by Gasteiger charge is -2.27. The van der Waals surface area contributed by atoms with Gasteiger partial charge in [0.15, 0.2) is 0 Å². The zero-order valence-corrected chi connectivity index (χ0v) is 13.7. The maximum Gasteiger partial charge on any atom is 0.346 e. The fourth-order valence-electron chi connectivity index (χ4n) is 2.86. The van der Waals surface area contributed by atoms with Gasteiger partial charge in [-0.3, -0.25) is 9.36 Å². The van der Waals surface area contributed by atoms with Gasteiger partial charge in [-0.2, -0.15) is 0 Å². The van der Waals surface area contributed by atoms with Crippen molar-refractivity contribution in [2.24, 2.45) is 0 Å². The van der Waals surface area contributed by atoms with Crippen LogP contribution in [0.2, 0.25) is 0 Å². The number of nitrogens with zero attached hydrogens (tertiary/aromatic N) is 4. The standard InChI is InChI=1S/C17H22N4O2/c1-3-4-9-21-17(23)20-11-10-19(16(22)15(20)18-21)12-14-8-6-5-7-13(14)2/h5-8H,3-4,9-12H2,1-2H3. The minimum Gasteiger partial charge on any atom is -0.330 e. The molecule has 1 aliphatic heterocycles. The van der Waals surface area contributed by atoms with E-state index >= 15 is 0 Å². The van der Waals surface area contributed by atoms with Crippen molar-refractivity contribution in [1.29, 1.82) is 0 Å². The Bertz CT molecular complexity index is 775. The van der Waals surface area contributed by atoms with E-state index < -0.39 is 0 Å². The Balaban J connectivity index is 1.83. The number of hydrogen-bond acceptors (Lipinski definition) is 3. The van der Waals surface area contributed by atoms with Crippen LogP contribution in [0.15, 0.2) is 29.1 Å². The molecule has 0 unspecified atom stereocenters. The average molecular weight is 314 g/mol. The van der Waals surface area contributed by atoms with E-state index in [1.807, 2.05) is 31.2 Å². The third-order valence-electron chi connectivity index (χ3n) is 4.34. The number of hydrogen-bond donors (Lipinski definition) is 0. The predicted molar refractivity (Wildman–Crippen MR) is 87.3 cm³/mol. The van der Waals surface area contributed by atoms with Crippen LogP contribution in [0.25, 0.3) is 0 Å². The highest BCUT2D eigenvalue weighted by atomic mass is 16.2. The molecule has 3 rings (SSSR count). The maximum atomic E-state index is 12.7. The minimum absolute atomic E-state index is 0.160. The molecule has 0 fully saturated rings. The zero-order valence-electron chi connectivity index (χ0n) is 13.7. The second-order valence-electron chi connectivity index (χ2n) is 5.99. The summed E-state index contributed by atoms with van der Waals surface area (Å²) in [7, 11) is 0. The van der Waals surface area contributed by atoms with Crippen molar-refractivity contribution in [3.63, 3.8) is 0 Å². The predicted octanol–water partition coefficient (Wildman–Crippen LogP) is 1.81. The Kier molecular flexibility index (Phi) is 4.32. The van der Waals surface area contributed by atoms with Gasteiger partial charge in [0.05, 0.1) is 0 Å².